The number of carbonyl (C=O) groups excluding carboxylic acids is 1. The van der Waals surface area contributed by atoms with Crippen LogP contribution >= 0.6 is 11.3 Å². The standard InChI is InChI=1S/C15H10F4N4O2S/c1-8-11(15(17,18)19)7-23(22-8)14(24)21-13-20-6-12(26-13)25-10-4-2-3-9(16)5-10/h2-7H,1H3,(H,20,21,24). The quantitative estimate of drug-likeness (QED) is 0.664. The molecule has 0 aliphatic rings. The molecule has 0 aliphatic heterocycles. The second kappa shape index (κ2) is 6.75. The molecule has 1 aromatic carbocycles. The number of ether oxygens (including phenoxy) is 1. The first kappa shape index (κ1) is 17.9. The number of aromatic nitrogens is 3. The molecule has 136 valence electrons. The second-order valence-electron chi connectivity index (χ2n) is 5.04. The van der Waals surface area contributed by atoms with Crippen molar-refractivity contribution in [3.63, 3.8) is 0 Å². The Hall–Kier alpha value is -2.95. The van der Waals surface area contributed by atoms with E-state index in [-0.39, 0.29) is 21.6 Å². The summed E-state index contributed by atoms with van der Waals surface area (Å²) in [7, 11) is 0. The molecular weight excluding hydrogens is 376 g/mol. The van der Waals surface area contributed by atoms with Gasteiger partial charge in [0.2, 0.25) is 5.06 Å². The number of aryl methyl sites for hydroxylation is 1. The van der Waals surface area contributed by atoms with Crippen LogP contribution in [0.5, 0.6) is 10.8 Å². The van der Waals surface area contributed by atoms with Gasteiger partial charge in [0.05, 0.1) is 17.5 Å². The Labute approximate surface area is 148 Å². The molecule has 1 N–H and O–H groups in total. The Morgan fingerprint density at radius 2 is 2.12 bits per heavy atom. The fraction of sp³-hybridized carbons (Fsp3) is 0.133. The average Bonchev–Trinajstić information content (AvgIpc) is 3.13. The van der Waals surface area contributed by atoms with E-state index in [0.29, 0.717) is 10.9 Å². The van der Waals surface area contributed by atoms with E-state index in [1.807, 2.05) is 0 Å². The summed E-state index contributed by atoms with van der Waals surface area (Å²) < 4.78 is 57.3. The summed E-state index contributed by atoms with van der Waals surface area (Å²) in [6.45, 7) is 1.15. The fourth-order valence-electron chi connectivity index (χ4n) is 2.00. The first-order valence-corrected chi connectivity index (χ1v) is 7.88. The van der Waals surface area contributed by atoms with E-state index in [1.54, 1.807) is 0 Å². The lowest BCUT2D eigenvalue weighted by Gasteiger charge is -2.02. The van der Waals surface area contributed by atoms with Gasteiger partial charge in [-0.3, -0.25) is 5.32 Å². The van der Waals surface area contributed by atoms with Gasteiger partial charge in [-0.05, 0) is 19.1 Å². The van der Waals surface area contributed by atoms with Gasteiger partial charge in [-0.25, -0.2) is 14.2 Å². The number of rotatable bonds is 3. The van der Waals surface area contributed by atoms with E-state index in [9.17, 15) is 22.4 Å². The van der Waals surface area contributed by atoms with Crippen LogP contribution in [-0.4, -0.2) is 20.8 Å². The Kier molecular flexibility index (Phi) is 4.64. The molecule has 0 unspecified atom stereocenters. The number of benzene rings is 1. The number of nitrogens with zero attached hydrogens (tertiary/aromatic N) is 3. The highest BCUT2D eigenvalue weighted by Gasteiger charge is 2.35. The van der Waals surface area contributed by atoms with E-state index >= 15 is 0 Å². The van der Waals surface area contributed by atoms with Crippen molar-refractivity contribution in [1.82, 2.24) is 14.8 Å². The van der Waals surface area contributed by atoms with Gasteiger partial charge in [0.1, 0.15) is 11.6 Å². The van der Waals surface area contributed by atoms with Crippen LogP contribution in [0.4, 0.5) is 27.5 Å². The van der Waals surface area contributed by atoms with E-state index in [1.165, 1.54) is 30.5 Å². The fourth-order valence-corrected chi connectivity index (χ4v) is 2.68. The minimum atomic E-state index is -4.60. The van der Waals surface area contributed by atoms with Gasteiger partial charge in [0, 0.05) is 12.3 Å². The summed E-state index contributed by atoms with van der Waals surface area (Å²) in [4.78, 5) is 15.9. The molecule has 0 bridgehead atoms. The second-order valence-corrected chi connectivity index (χ2v) is 6.04. The lowest BCUT2D eigenvalue weighted by molar-refractivity contribution is -0.138. The highest BCUT2D eigenvalue weighted by molar-refractivity contribution is 7.17. The predicted molar refractivity (Wildman–Crippen MR) is 85.0 cm³/mol. The monoisotopic (exact) mass is 386 g/mol. The number of hydrogen-bond donors (Lipinski definition) is 1. The van der Waals surface area contributed by atoms with Crippen LogP contribution in [-0.2, 0) is 6.18 Å². The topological polar surface area (TPSA) is 69.0 Å². The number of carbonyl (C=O) groups is 1. The van der Waals surface area contributed by atoms with E-state index < -0.39 is 23.6 Å². The van der Waals surface area contributed by atoms with Crippen molar-refractivity contribution < 1.29 is 27.1 Å². The summed E-state index contributed by atoms with van der Waals surface area (Å²) in [5.41, 5.74) is -1.32. The van der Waals surface area contributed by atoms with E-state index in [4.69, 9.17) is 4.74 Å². The third-order valence-corrected chi connectivity index (χ3v) is 3.92. The number of amides is 1. The zero-order chi connectivity index (χ0) is 18.9. The molecule has 3 aromatic rings. The first-order valence-electron chi connectivity index (χ1n) is 7.06. The van der Waals surface area contributed by atoms with Gasteiger partial charge >= 0.3 is 12.2 Å². The van der Waals surface area contributed by atoms with Crippen molar-refractivity contribution in [3.8, 4) is 10.8 Å². The molecule has 0 fully saturated rings. The number of alkyl halides is 3. The van der Waals surface area contributed by atoms with Gasteiger partial charge in [-0.1, -0.05) is 17.4 Å². The van der Waals surface area contributed by atoms with Crippen molar-refractivity contribution in [3.05, 3.63) is 53.7 Å². The van der Waals surface area contributed by atoms with Gasteiger partial charge in [0.15, 0.2) is 5.13 Å². The van der Waals surface area contributed by atoms with E-state index in [2.05, 4.69) is 15.4 Å². The molecule has 6 nitrogen and oxygen atoms in total. The molecule has 0 spiro atoms. The van der Waals surface area contributed by atoms with Gasteiger partial charge in [0.25, 0.3) is 0 Å². The molecule has 11 heteroatoms. The molecular formula is C15H10F4N4O2S. The summed E-state index contributed by atoms with van der Waals surface area (Å²) in [6, 6.07) is 4.52. The van der Waals surface area contributed by atoms with Crippen molar-refractivity contribution in [1.29, 1.82) is 0 Å². The normalized spacial score (nSPS) is 11.4. The molecule has 2 heterocycles. The van der Waals surface area contributed by atoms with Crippen molar-refractivity contribution >= 4 is 22.5 Å². The SMILES string of the molecule is Cc1nn(C(=O)Nc2ncc(Oc3cccc(F)c3)s2)cc1C(F)(F)F. The van der Waals surface area contributed by atoms with Crippen molar-refractivity contribution in [2.75, 3.05) is 5.32 Å². The summed E-state index contributed by atoms with van der Waals surface area (Å²) in [6.07, 6.45) is -2.71. The first-order chi connectivity index (χ1) is 12.2. The third-order valence-electron chi connectivity index (χ3n) is 3.13. The average molecular weight is 386 g/mol. The number of halogens is 4. The molecule has 0 saturated carbocycles. The minimum Gasteiger partial charge on any atom is -0.445 e. The lowest BCUT2D eigenvalue weighted by atomic mass is 10.3. The molecule has 0 aliphatic carbocycles. The number of hydrogen-bond acceptors (Lipinski definition) is 5. The van der Waals surface area contributed by atoms with Crippen LogP contribution in [0.2, 0.25) is 0 Å². The Balaban J connectivity index is 1.70. The van der Waals surface area contributed by atoms with Gasteiger partial charge < -0.3 is 4.74 Å². The van der Waals surface area contributed by atoms with Crippen LogP contribution in [0, 0.1) is 12.7 Å². The maximum atomic E-state index is 13.1. The summed E-state index contributed by atoms with van der Waals surface area (Å²) >= 11 is 0.922. The maximum Gasteiger partial charge on any atom is 0.419 e. The summed E-state index contributed by atoms with van der Waals surface area (Å²) in [5, 5.41) is 6.21. The molecule has 26 heavy (non-hydrogen) atoms. The summed E-state index contributed by atoms with van der Waals surface area (Å²) in [5.74, 6) is -0.237. The Bertz CT molecular complexity index is 951. The predicted octanol–water partition coefficient (Wildman–Crippen LogP) is 4.68. The zero-order valence-corrected chi connectivity index (χ0v) is 13.9. The number of thiazole rings is 1. The third kappa shape index (κ3) is 3.99. The van der Waals surface area contributed by atoms with E-state index in [0.717, 1.165) is 18.3 Å². The molecule has 0 radical (unpaired) electrons. The Morgan fingerprint density at radius 1 is 1.35 bits per heavy atom. The molecule has 0 saturated heterocycles. The molecule has 1 amide bonds. The minimum absolute atomic E-state index is 0.0862. The smallest absolute Gasteiger partial charge is 0.419 e. The molecule has 3 rings (SSSR count). The highest BCUT2D eigenvalue weighted by Crippen LogP contribution is 2.32. The van der Waals surface area contributed by atoms with Gasteiger partial charge in [-0.2, -0.15) is 23.0 Å². The lowest BCUT2D eigenvalue weighted by Crippen LogP contribution is -2.20. The van der Waals surface area contributed by atoms with Crippen LogP contribution in [0.25, 0.3) is 0 Å². The van der Waals surface area contributed by atoms with Gasteiger partial charge in [-0.15, -0.1) is 0 Å². The van der Waals surface area contributed by atoms with Crippen molar-refractivity contribution in [2.45, 2.75) is 13.1 Å². The highest BCUT2D eigenvalue weighted by atomic mass is 32.1. The Morgan fingerprint density at radius 3 is 2.77 bits per heavy atom. The van der Waals surface area contributed by atoms with Crippen LogP contribution in [0.3, 0.4) is 0 Å². The molecule has 0 atom stereocenters. The number of anilines is 1. The van der Waals surface area contributed by atoms with Crippen LogP contribution < -0.4 is 10.1 Å². The van der Waals surface area contributed by atoms with Crippen LogP contribution in [0.1, 0.15) is 11.3 Å². The largest absolute Gasteiger partial charge is 0.445 e. The van der Waals surface area contributed by atoms with Crippen LogP contribution in [0.15, 0.2) is 36.7 Å². The van der Waals surface area contributed by atoms with Crippen molar-refractivity contribution in [2.24, 2.45) is 0 Å². The maximum absolute atomic E-state index is 13.1. The number of nitrogens with one attached hydrogen (secondary N) is 1. The zero-order valence-electron chi connectivity index (χ0n) is 13.0. The molecule has 2 aromatic heterocycles.